The number of hydrogen-bond acceptors (Lipinski definition) is 2. The van der Waals surface area contributed by atoms with E-state index in [1.54, 1.807) is 0 Å². The molecule has 106 valence electrons. The lowest BCUT2D eigenvalue weighted by molar-refractivity contribution is -0.138. The van der Waals surface area contributed by atoms with E-state index >= 15 is 0 Å². The predicted octanol–water partition coefficient (Wildman–Crippen LogP) is 3.52. The van der Waals surface area contributed by atoms with Gasteiger partial charge in [0, 0.05) is 23.1 Å². The van der Waals surface area contributed by atoms with Crippen molar-refractivity contribution in [1.82, 2.24) is 0 Å². The molecular weight excluding hydrogens is 278 g/mol. The van der Waals surface area contributed by atoms with E-state index in [4.69, 9.17) is 21.4 Å². The average Bonchev–Trinajstić information content (AvgIpc) is 2.27. The Hall–Kier alpha value is -1.20. The maximum atomic E-state index is 14.0. The van der Waals surface area contributed by atoms with Gasteiger partial charge in [-0.05, 0) is 11.6 Å². The van der Waals surface area contributed by atoms with Crippen LogP contribution in [0.5, 0.6) is 0 Å². The Labute approximate surface area is 115 Å². The van der Waals surface area contributed by atoms with Crippen molar-refractivity contribution in [2.24, 2.45) is 0 Å². The van der Waals surface area contributed by atoms with Gasteiger partial charge in [-0.1, -0.05) is 25.4 Å². The molecule has 0 fully saturated rings. The first kappa shape index (κ1) is 15.9. The monoisotopic (exact) mass is 292 g/mol. The quantitative estimate of drug-likeness (QED) is 0.845. The summed E-state index contributed by atoms with van der Waals surface area (Å²) in [5.74, 6) is -3.27. The minimum atomic E-state index is -1.10. The van der Waals surface area contributed by atoms with Gasteiger partial charge in [0.05, 0.1) is 13.0 Å². The van der Waals surface area contributed by atoms with Crippen molar-refractivity contribution < 1.29 is 23.4 Å². The largest absolute Gasteiger partial charge is 0.481 e. The molecule has 0 aromatic heterocycles. The zero-order valence-electron chi connectivity index (χ0n) is 10.9. The second-order valence-electron chi connectivity index (χ2n) is 4.90. The maximum Gasteiger partial charge on any atom is 0.304 e. The van der Waals surface area contributed by atoms with Crippen LogP contribution in [0.2, 0.25) is 5.02 Å². The summed E-state index contributed by atoms with van der Waals surface area (Å²) < 4.78 is 32.7. The molecule has 0 radical (unpaired) electrons. The summed E-state index contributed by atoms with van der Waals surface area (Å²) in [6, 6.07) is 1.26. The summed E-state index contributed by atoms with van der Waals surface area (Å²) in [5.41, 5.74) is -1.19. The first-order chi connectivity index (χ1) is 8.70. The fourth-order valence-electron chi connectivity index (χ4n) is 1.88. The molecule has 19 heavy (non-hydrogen) atoms. The molecular formula is C13H15ClF2O3. The predicted molar refractivity (Wildman–Crippen MR) is 67.4 cm³/mol. The van der Waals surface area contributed by atoms with Gasteiger partial charge in [0.2, 0.25) is 0 Å². The summed E-state index contributed by atoms with van der Waals surface area (Å²) in [6.45, 7) is 2.89. The van der Waals surface area contributed by atoms with Gasteiger partial charge >= 0.3 is 5.97 Å². The van der Waals surface area contributed by atoms with E-state index in [1.165, 1.54) is 27.0 Å². The number of benzene rings is 1. The van der Waals surface area contributed by atoms with Crippen molar-refractivity contribution in [3.8, 4) is 0 Å². The van der Waals surface area contributed by atoms with Crippen molar-refractivity contribution in [2.75, 3.05) is 7.11 Å². The molecule has 1 N–H and O–H groups in total. The van der Waals surface area contributed by atoms with Crippen LogP contribution in [0, 0.1) is 11.6 Å². The SMILES string of the molecule is COCc1c(Cl)cc(C(C)(C)CC(=O)O)c(F)c1F. The number of methoxy groups -OCH3 is 1. The van der Waals surface area contributed by atoms with E-state index in [0.717, 1.165) is 0 Å². The molecule has 0 unspecified atom stereocenters. The molecule has 0 bridgehead atoms. The Bertz CT molecular complexity index is 501. The molecule has 0 amide bonds. The standard InChI is InChI=1S/C13H15ClF2O3/c1-13(2,5-10(17)18)8-4-9(14)7(6-19-3)11(15)12(8)16/h4H,5-6H2,1-3H3,(H,17,18). The summed E-state index contributed by atoms with van der Waals surface area (Å²) in [7, 11) is 1.34. The third kappa shape index (κ3) is 3.42. The number of ether oxygens (including phenoxy) is 1. The average molecular weight is 293 g/mol. The Morgan fingerprint density at radius 1 is 1.42 bits per heavy atom. The number of carboxylic acid groups (broad SMARTS) is 1. The number of carboxylic acids is 1. The van der Waals surface area contributed by atoms with Gasteiger partial charge in [-0.15, -0.1) is 0 Å². The molecule has 0 saturated heterocycles. The highest BCUT2D eigenvalue weighted by atomic mass is 35.5. The van der Waals surface area contributed by atoms with Crippen LogP contribution in [0.4, 0.5) is 8.78 Å². The summed E-state index contributed by atoms with van der Waals surface area (Å²) in [5, 5.41) is 8.83. The fourth-order valence-corrected chi connectivity index (χ4v) is 2.12. The van der Waals surface area contributed by atoms with Crippen LogP contribution < -0.4 is 0 Å². The highest BCUT2D eigenvalue weighted by Crippen LogP contribution is 2.35. The number of aliphatic carboxylic acids is 1. The third-order valence-electron chi connectivity index (χ3n) is 2.86. The molecule has 0 aliphatic carbocycles. The number of carbonyl (C=O) groups is 1. The highest BCUT2D eigenvalue weighted by molar-refractivity contribution is 6.31. The fraction of sp³-hybridized carbons (Fsp3) is 0.462. The number of hydrogen-bond donors (Lipinski definition) is 1. The summed E-state index contributed by atoms with van der Waals surface area (Å²) >= 11 is 5.89. The van der Waals surface area contributed by atoms with Crippen LogP contribution in [0.1, 0.15) is 31.4 Å². The number of halogens is 3. The van der Waals surface area contributed by atoms with E-state index in [1.807, 2.05) is 0 Å². The van der Waals surface area contributed by atoms with E-state index in [-0.39, 0.29) is 29.2 Å². The van der Waals surface area contributed by atoms with E-state index in [0.29, 0.717) is 0 Å². The van der Waals surface area contributed by atoms with Crippen LogP contribution in [-0.4, -0.2) is 18.2 Å². The zero-order valence-corrected chi connectivity index (χ0v) is 11.6. The molecule has 0 atom stereocenters. The molecule has 0 spiro atoms. The smallest absolute Gasteiger partial charge is 0.304 e. The van der Waals surface area contributed by atoms with Crippen molar-refractivity contribution in [3.63, 3.8) is 0 Å². The normalized spacial score (nSPS) is 11.7. The molecule has 0 aliphatic rings. The molecule has 0 heterocycles. The van der Waals surface area contributed by atoms with Crippen molar-refractivity contribution in [1.29, 1.82) is 0 Å². The lowest BCUT2D eigenvalue weighted by atomic mass is 9.81. The van der Waals surface area contributed by atoms with Gasteiger partial charge < -0.3 is 9.84 Å². The lowest BCUT2D eigenvalue weighted by Gasteiger charge is -2.25. The van der Waals surface area contributed by atoms with Crippen LogP contribution >= 0.6 is 11.6 Å². The third-order valence-corrected chi connectivity index (χ3v) is 3.20. The molecule has 1 aromatic rings. The lowest BCUT2D eigenvalue weighted by Crippen LogP contribution is -2.24. The van der Waals surface area contributed by atoms with E-state index < -0.39 is 23.0 Å². The Balaban J connectivity index is 3.35. The molecule has 6 heteroatoms. The minimum absolute atomic E-state index is 0.0224. The Morgan fingerprint density at radius 3 is 2.47 bits per heavy atom. The van der Waals surface area contributed by atoms with Crippen LogP contribution in [0.15, 0.2) is 6.07 Å². The van der Waals surface area contributed by atoms with Crippen LogP contribution in [-0.2, 0) is 21.6 Å². The summed E-state index contributed by atoms with van der Waals surface area (Å²) in [4.78, 5) is 10.8. The molecule has 0 saturated carbocycles. The van der Waals surface area contributed by atoms with E-state index in [9.17, 15) is 13.6 Å². The van der Waals surface area contributed by atoms with Crippen molar-refractivity contribution in [2.45, 2.75) is 32.3 Å². The van der Waals surface area contributed by atoms with E-state index in [2.05, 4.69) is 0 Å². The zero-order chi connectivity index (χ0) is 14.8. The Morgan fingerprint density at radius 2 is 2.00 bits per heavy atom. The molecule has 0 aliphatic heterocycles. The van der Waals surface area contributed by atoms with Crippen molar-refractivity contribution in [3.05, 3.63) is 33.9 Å². The highest BCUT2D eigenvalue weighted by Gasteiger charge is 2.30. The maximum absolute atomic E-state index is 14.0. The van der Waals surface area contributed by atoms with Gasteiger partial charge in [-0.3, -0.25) is 4.79 Å². The van der Waals surface area contributed by atoms with Gasteiger partial charge in [-0.25, -0.2) is 8.78 Å². The van der Waals surface area contributed by atoms with Gasteiger partial charge in [0.1, 0.15) is 0 Å². The summed E-state index contributed by atoms with van der Waals surface area (Å²) in [6.07, 6.45) is -0.330. The van der Waals surface area contributed by atoms with Gasteiger partial charge in [0.25, 0.3) is 0 Å². The second-order valence-corrected chi connectivity index (χ2v) is 5.31. The Kier molecular flexibility index (Phi) is 4.87. The van der Waals surface area contributed by atoms with Crippen LogP contribution in [0.3, 0.4) is 0 Å². The van der Waals surface area contributed by atoms with Crippen molar-refractivity contribution >= 4 is 17.6 Å². The van der Waals surface area contributed by atoms with Gasteiger partial charge in [-0.2, -0.15) is 0 Å². The van der Waals surface area contributed by atoms with Crippen LogP contribution in [0.25, 0.3) is 0 Å². The molecule has 3 nitrogen and oxygen atoms in total. The first-order valence-electron chi connectivity index (χ1n) is 5.58. The molecule has 1 rings (SSSR count). The van der Waals surface area contributed by atoms with Gasteiger partial charge in [0.15, 0.2) is 11.6 Å². The minimum Gasteiger partial charge on any atom is -0.481 e. The topological polar surface area (TPSA) is 46.5 Å². The first-order valence-corrected chi connectivity index (χ1v) is 5.96. The molecule has 1 aromatic carbocycles. The number of rotatable bonds is 5. The second kappa shape index (κ2) is 5.84.